The number of halogens is 1. The van der Waals surface area contributed by atoms with Crippen molar-refractivity contribution in [1.82, 2.24) is 20.5 Å². The first-order valence-corrected chi connectivity index (χ1v) is 12.5. The molecule has 1 aliphatic heterocycles. The number of amides is 2. The van der Waals surface area contributed by atoms with Crippen LogP contribution in [-0.4, -0.2) is 67.9 Å². The third kappa shape index (κ3) is 4.15. The minimum atomic E-state index is -3.85. The Bertz CT molecular complexity index is 1390. The maximum atomic E-state index is 13.3. The van der Waals surface area contributed by atoms with Crippen LogP contribution in [0.15, 0.2) is 23.2 Å². The first-order valence-electron chi connectivity index (χ1n) is 12.1. The number of sulfone groups is 1. The van der Waals surface area contributed by atoms with Gasteiger partial charge in [-0.25, -0.2) is 17.8 Å². The Morgan fingerprint density at radius 2 is 2.03 bits per heavy atom. The van der Waals surface area contributed by atoms with Gasteiger partial charge >= 0.3 is 0 Å². The van der Waals surface area contributed by atoms with Gasteiger partial charge in [0.25, 0.3) is 5.91 Å². The Morgan fingerprint density at radius 1 is 1.26 bits per heavy atom. The first kappa shape index (κ1) is 19.0. The predicted molar refractivity (Wildman–Crippen MR) is 122 cm³/mol. The van der Waals surface area contributed by atoms with E-state index < -0.39 is 34.6 Å². The van der Waals surface area contributed by atoms with Crippen LogP contribution in [-0.2, 0) is 14.6 Å². The smallest absolute Gasteiger partial charge is 0.273 e. The van der Waals surface area contributed by atoms with E-state index in [9.17, 15) is 22.4 Å². The summed E-state index contributed by atoms with van der Waals surface area (Å²) in [6.07, 6.45) is 4.10. The fourth-order valence-corrected chi connectivity index (χ4v) is 4.96. The molecule has 2 aliphatic carbocycles. The van der Waals surface area contributed by atoms with Crippen LogP contribution in [0.25, 0.3) is 0 Å². The van der Waals surface area contributed by atoms with Gasteiger partial charge in [-0.05, 0) is 30.7 Å². The highest BCUT2D eigenvalue weighted by atomic mass is 32.2. The Balaban J connectivity index is 1.47. The van der Waals surface area contributed by atoms with E-state index in [0.717, 1.165) is 25.5 Å². The molecule has 2 aromatic heterocycles. The largest absolute Gasteiger partial charge is 0.364 e. The molecule has 1 saturated heterocycles. The van der Waals surface area contributed by atoms with Crippen molar-refractivity contribution < 1.29 is 26.5 Å². The van der Waals surface area contributed by atoms with Gasteiger partial charge in [0.2, 0.25) is 5.91 Å². The summed E-state index contributed by atoms with van der Waals surface area (Å²) < 4.78 is 60.3. The summed E-state index contributed by atoms with van der Waals surface area (Å²) in [5.41, 5.74) is -0.0822. The van der Waals surface area contributed by atoms with Gasteiger partial charge in [-0.1, -0.05) is 0 Å². The molecule has 3 heterocycles. The number of nitrogens with one attached hydrogen (secondary N) is 3. The van der Waals surface area contributed by atoms with E-state index in [4.69, 9.17) is 4.11 Å². The molecule has 3 fully saturated rings. The molecule has 3 aliphatic rings. The van der Waals surface area contributed by atoms with Crippen LogP contribution in [0, 0.1) is 11.3 Å². The lowest BCUT2D eigenvalue weighted by molar-refractivity contribution is -0.117. The standard InChI is InChI=1S/C21H24FN7O4S/c1-23-20(31)17-14(6-16(27-28-17)26-19(30)13-7-21(13)3-4-21)25-18-15(34(2,32)33)5-12(8-24-18)29-9-11(22)10-29/h5-6,8,11,13H,3-4,7,9-10H2,1-2H3,(H,23,31)(H2,24,25,26,27,30)/t13-/m1/s1/i1D3. The maximum Gasteiger partial charge on any atom is 0.273 e. The molecule has 3 N–H and O–H groups in total. The van der Waals surface area contributed by atoms with Crippen LogP contribution in [0.3, 0.4) is 0 Å². The van der Waals surface area contributed by atoms with Gasteiger partial charge in [-0.15, -0.1) is 10.2 Å². The summed E-state index contributed by atoms with van der Waals surface area (Å²) in [6.45, 7) is -2.61. The second-order valence-corrected chi connectivity index (χ2v) is 11.0. The van der Waals surface area contributed by atoms with Gasteiger partial charge in [-0.3, -0.25) is 9.59 Å². The molecule has 5 rings (SSSR count). The molecule has 2 aromatic rings. The first-order chi connectivity index (χ1) is 17.2. The van der Waals surface area contributed by atoms with Crippen molar-refractivity contribution in [2.45, 2.75) is 30.3 Å². The summed E-state index contributed by atoms with van der Waals surface area (Å²) in [5.74, 6) is -1.64. The number of pyridine rings is 1. The molecule has 34 heavy (non-hydrogen) atoms. The highest BCUT2D eigenvalue weighted by Crippen LogP contribution is 2.70. The van der Waals surface area contributed by atoms with Crippen LogP contribution >= 0.6 is 0 Å². The molecule has 1 atom stereocenters. The predicted octanol–water partition coefficient (Wildman–Crippen LogP) is 1.27. The number of aromatic nitrogens is 3. The molecule has 0 unspecified atom stereocenters. The van der Waals surface area contributed by atoms with Crippen molar-refractivity contribution in [2.75, 3.05) is 41.9 Å². The highest BCUT2D eigenvalue weighted by Gasteiger charge is 2.65. The quantitative estimate of drug-likeness (QED) is 0.520. The molecule has 1 spiro atoms. The van der Waals surface area contributed by atoms with Crippen molar-refractivity contribution in [3.05, 3.63) is 24.0 Å². The average Bonchev–Trinajstić information content (AvgIpc) is 3.69. The van der Waals surface area contributed by atoms with Gasteiger partial charge in [0.15, 0.2) is 21.3 Å². The summed E-state index contributed by atoms with van der Waals surface area (Å²) in [5, 5.41) is 14.8. The zero-order valence-corrected chi connectivity index (χ0v) is 18.9. The van der Waals surface area contributed by atoms with Gasteiger partial charge in [0, 0.05) is 29.3 Å². The lowest BCUT2D eigenvalue weighted by Crippen LogP contribution is -2.48. The number of rotatable bonds is 7. The summed E-state index contributed by atoms with van der Waals surface area (Å²) in [6, 6.07) is 2.59. The van der Waals surface area contributed by atoms with Crippen molar-refractivity contribution >= 4 is 44.7 Å². The Kier molecular flexibility index (Phi) is 4.39. The molecule has 0 radical (unpaired) electrons. The minimum Gasteiger partial charge on any atom is -0.364 e. The zero-order valence-electron chi connectivity index (χ0n) is 21.1. The van der Waals surface area contributed by atoms with Crippen LogP contribution < -0.4 is 20.9 Å². The number of carbonyl (C=O) groups is 2. The fourth-order valence-electron chi connectivity index (χ4n) is 4.17. The van der Waals surface area contributed by atoms with Crippen molar-refractivity contribution in [2.24, 2.45) is 11.3 Å². The number of hydrogen-bond donors (Lipinski definition) is 3. The molecule has 2 saturated carbocycles. The fraction of sp³-hybridized carbons (Fsp3) is 0.476. The van der Waals surface area contributed by atoms with E-state index >= 15 is 0 Å². The number of carbonyl (C=O) groups excluding carboxylic acids is 2. The van der Waals surface area contributed by atoms with Crippen molar-refractivity contribution in [3.8, 4) is 0 Å². The van der Waals surface area contributed by atoms with Gasteiger partial charge in [-0.2, -0.15) is 0 Å². The molecule has 0 aromatic carbocycles. The number of hydrogen-bond acceptors (Lipinski definition) is 9. The molecular weight excluding hydrogens is 465 g/mol. The van der Waals surface area contributed by atoms with Gasteiger partial charge in [0.05, 0.1) is 30.7 Å². The SMILES string of the molecule is [2H]C([2H])([2H])NC(=O)c1nnc(NC(=O)[C@H]2CC23CC3)cc1Nc1ncc(N2CC(F)C2)cc1S(C)(=O)=O. The number of alkyl halides is 1. The van der Waals surface area contributed by atoms with Gasteiger partial charge in [0.1, 0.15) is 16.9 Å². The topological polar surface area (TPSA) is 146 Å². The van der Waals surface area contributed by atoms with Crippen LogP contribution in [0.4, 0.5) is 27.4 Å². The molecule has 180 valence electrons. The van der Waals surface area contributed by atoms with E-state index in [1.54, 1.807) is 4.90 Å². The summed E-state index contributed by atoms with van der Waals surface area (Å²) >= 11 is 0. The average molecular weight is 493 g/mol. The van der Waals surface area contributed by atoms with E-state index in [1.165, 1.54) is 18.3 Å². The van der Waals surface area contributed by atoms with E-state index in [2.05, 4.69) is 25.8 Å². The highest BCUT2D eigenvalue weighted by molar-refractivity contribution is 7.90. The molecule has 2 amide bonds. The van der Waals surface area contributed by atoms with E-state index in [1.807, 2.05) is 5.32 Å². The third-order valence-electron chi connectivity index (χ3n) is 6.47. The maximum absolute atomic E-state index is 13.3. The monoisotopic (exact) mass is 492 g/mol. The molecule has 0 bridgehead atoms. The molecule has 13 heteroatoms. The Morgan fingerprint density at radius 3 is 2.65 bits per heavy atom. The van der Waals surface area contributed by atoms with Crippen LogP contribution in [0.1, 0.15) is 33.9 Å². The third-order valence-corrected chi connectivity index (χ3v) is 7.58. The van der Waals surface area contributed by atoms with Crippen LogP contribution in [0.5, 0.6) is 0 Å². The second-order valence-electron chi connectivity index (χ2n) is 8.99. The normalized spacial score (nSPS) is 22.1. The summed E-state index contributed by atoms with van der Waals surface area (Å²) in [4.78, 5) is 30.8. The minimum absolute atomic E-state index is 0.00674. The van der Waals surface area contributed by atoms with Gasteiger partial charge < -0.3 is 20.9 Å². The second kappa shape index (κ2) is 7.86. The molecular formula is C21H24FN7O4S. The Hall–Kier alpha value is -3.35. The number of anilines is 4. The summed E-state index contributed by atoms with van der Waals surface area (Å²) in [7, 11) is -3.85. The van der Waals surface area contributed by atoms with E-state index in [0.29, 0.717) is 5.69 Å². The number of nitrogens with zero attached hydrogens (tertiary/aromatic N) is 4. The van der Waals surface area contributed by atoms with Crippen molar-refractivity contribution in [3.63, 3.8) is 0 Å². The van der Waals surface area contributed by atoms with Crippen LogP contribution in [0.2, 0.25) is 0 Å². The van der Waals surface area contributed by atoms with E-state index in [-0.39, 0.29) is 52.5 Å². The lowest BCUT2D eigenvalue weighted by atomic mass is 10.1. The lowest BCUT2D eigenvalue weighted by Gasteiger charge is -2.36. The Labute approximate surface area is 199 Å². The molecule has 11 nitrogen and oxygen atoms in total. The zero-order chi connectivity index (χ0) is 26.8. The van der Waals surface area contributed by atoms with Crippen molar-refractivity contribution in [1.29, 1.82) is 0 Å².